The topological polar surface area (TPSA) is 17.8 Å². The van der Waals surface area contributed by atoms with Crippen molar-refractivity contribution in [2.24, 2.45) is 0 Å². The molecule has 2 heterocycles. The van der Waals surface area contributed by atoms with Gasteiger partial charge < -0.3 is 4.23 Å². The Morgan fingerprint density at radius 1 is 1.08 bits per heavy atom. The molecule has 2 aromatic heterocycles. The van der Waals surface area contributed by atoms with E-state index in [1.807, 2.05) is 12.3 Å². The van der Waals surface area contributed by atoms with E-state index in [1.165, 1.54) is 11.6 Å². The quantitative estimate of drug-likeness (QED) is 0.523. The molecule has 3 aromatic rings. The molecule has 0 bridgehead atoms. The van der Waals surface area contributed by atoms with Gasteiger partial charge in [-0.05, 0) is 41.3 Å². The highest BCUT2D eigenvalue weighted by molar-refractivity contribution is 6.79. The maximum atomic E-state index is 13.5. The first-order valence-corrected chi connectivity index (χ1v) is 11.3. The molecule has 1 aromatic carbocycles. The van der Waals surface area contributed by atoms with Gasteiger partial charge in [-0.3, -0.25) is 0 Å². The largest absolute Gasteiger partial charge is 0.359 e. The van der Waals surface area contributed by atoms with Gasteiger partial charge in [0, 0.05) is 23.3 Å². The lowest BCUT2D eigenvalue weighted by Gasteiger charge is -2.38. The van der Waals surface area contributed by atoms with E-state index in [0.717, 1.165) is 22.2 Å². The van der Waals surface area contributed by atoms with Gasteiger partial charge in [-0.1, -0.05) is 46.0 Å². The number of nitrogens with zero attached hydrogens (tertiary/aromatic N) is 2. The fraction of sp³-hybridized carbons (Fsp3) is 0.350. The highest BCUT2D eigenvalue weighted by atomic mass is 28.3. The van der Waals surface area contributed by atoms with Crippen molar-refractivity contribution in [3.8, 4) is 11.1 Å². The first kappa shape index (κ1) is 16.9. The van der Waals surface area contributed by atoms with E-state index >= 15 is 0 Å². The molecule has 2 nitrogen and oxygen atoms in total. The zero-order chi connectivity index (χ0) is 17.7. The molecular formula is C20H25FN2Si. The van der Waals surface area contributed by atoms with Crippen molar-refractivity contribution in [2.45, 2.75) is 45.8 Å². The summed E-state index contributed by atoms with van der Waals surface area (Å²) in [4.78, 5) is 4.76. The van der Waals surface area contributed by atoms with E-state index in [4.69, 9.17) is 4.98 Å². The zero-order valence-electron chi connectivity index (χ0n) is 15.3. The lowest BCUT2D eigenvalue weighted by Crippen LogP contribution is -2.45. The Morgan fingerprint density at radius 2 is 1.79 bits per heavy atom. The zero-order valence-corrected chi connectivity index (χ0v) is 16.3. The van der Waals surface area contributed by atoms with E-state index in [9.17, 15) is 4.39 Å². The number of hydrogen-bond donors (Lipinski definition) is 0. The van der Waals surface area contributed by atoms with Crippen LogP contribution < -0.4 is 0 Å². The van der Waals surface area contributed by atoms with Crippen LogP contribution in [-0.4, -0.2) is 17.5 Å². The van der Waals surface area contributed by atoms with Crippen molar-refractivity contribution < 1.29 is 4.39 Å². The fourth-order valence-electron chi connectivity index (χ4n) is 2.88. The first-order valence-electron chi connectivity index (χ1n) is 8.35. The fourth-order valence-corrected chi connectivity index (χ4v) is 4.82. The number of aryl methyl sites for hydroxylation is 1. The molecule has 0 N–H and O–H groups in total. The van der Waals surface area contributed by atoms with Gasteiger partial charge in [0.15, 0.2) is 8.24 Å². The molecule has 0 amide bonds. The van der Waals surface area contributed by atoms with E-state index in [2.05, 4.69) is 57.3 Å². The maximum absolute atomic E-state index is 13.5. The summed E-state index contributed by atoms with van der Waals surface area (Å²) in [5, 5.41) is 1.38. The Labute approximate surface area is 144 Å². The molecule has 0 radical (unpaired) electrons. The smallest absolute Gasteiger partial charge is 0.163 e. The molecule has 0 aliphatic rings. The molecule has 0 aliphatic heterocycles. The predicted molar refractivity (Wildman–Crippen MR) is 102 cm³/mol. The highest BCUT2D eigenvalue weighted by Gasteiger charge is 2.38. The minimum atomic E-state index is -1.74. The van der Waals surface area contributed by atoms with Gasteiger partial charge in [-0.2, -0.15) is 0 Å². The van der Waals surface area contributed by atoms with Crippen LogP contribution in [0.15, 0.2) is 42.7 Å². The summed E-state index contributed by atoms with van der Waals surface area (Å²) in [6.45, 7) is 13.8. The summed E-state index contributed by atoms with van der Waals surface area (Å²) in [5.41, 5.74) is 4.08. The lowest BCUT2D eigenvalue weighted by atomic mass is 10.1. The van der Waals surface area contributed by atoms with Gasteiger partial charge in [-0.25, -0.2) is 9.37 Å². The van der Waals surface area contributed by atoms with E-state index < -0.39 is 8.24 Å². The molecule has 0 aliphatic carbocycles. The molecule has 0 fully saturated rings. The van der Waals surface area contributed by atoms with Crippen LogP contribution in [0.25, 0.3) is 22.2 Å². The third-order valence-electron chi connectivity index (χ3n) is 5.44. The number of hydrogen-bond acceptors (Lipinski definition) is 1. The van der Waals surface area contributed by atoms with E-state index in [-0.39, 0.29) is 10.9 Å². The Hall–Kier alpha value is -1.94. The van der Waals surface area contributed by atoms with Gasteiger partial charge in [0.05, 0.1) is 0 Å². The standard InChI is InChI=1S/C20H25FN2Si/c1-14-13-23(24(5,6)20(2,3)4)19-18(14)11-16(12-22-19)15-8-7-9-17(21)10-15/h7-13H,1-6H3. The predicted octanol–water partition coefficient (Wildman–Crippen LogP) is 6.00. The first-order chi connectivity index (χ1) is 11.1. The Bertz CT molecular complexity index is 904. The van der Waals surface area contributed by atoms with E-state index in [1.54, 1.807) is 12.1 Å². The Kier molecular flexibility index (Phi) is 3.91. The third-order valence-corrected chi connectivity index (χ3v) is 10.7. The Morgan fingerprint density at radius 3 is 2.42 bits per heavy atom. The van der Waals surface area contributed by atoms with Crippen LogP contribution in [-0.2, 0) is 0 Å². The van der Waals surface area contributed by atoms with Crippen molar-refractivity contribution >= 4 is 19.3 Å². The van der Waals surface area contributed by atoms with Crippen LogP contribution in [0, 0.1) is 12.7 Å². The van der Waals surface area contributed by atoms with Crippen LogP contribution in [0.3, 0.4) is 0 Å². The van der Waals surface area contributed by atoms with Gasteiger partial charge in [0.2, 0.25) is 0 Å². The maximum Gasteiger partial charge on any atom is 0.163 e. The molecule has 0 spiro atoms. The third kappa shape index (κ3) is 2.69. The summed E-state index contributed by atoms with van der Waals surface area (Å²) < 4.78 is 15.9. The molecule has 0 saturated carbocycles. The second kappa shape index (κ2) is 5.55. The molecular weight excluding hydrogens is 315 g/mol. The molecule has 126 valence electrons. The molecule has 0 saturated heterocycles. The SMILES string of the molecule is Cc1cn([Si](C)(C)C(C)(C)C)c2ncc(-c3cccc(F)c3)cc12. The normalized spacial score (nSPS) is 12.8. The monoisotopic (exact) mass is 340 g/mol. The molecule has 0 atom stereocenters. The lowest BCUT2D eigenvalue weighted by molar-refractivity contribution is 0.628. The summed E-state index contributed by atoms with van der Waals surface area (Å²) in [7, 11) is -1.74. The van der Waals surface area contributed by atoms with Crippen molar-refractivity contribution in [1.82, 2.24) is 9.22 Å². The summed E-state index contributed by atoms with van der Waals surface area (Å²) in [6, 6.07) is 8.82. The number of aromatic nitrogens is 2. The molecule has 0 unspecified atom stereocenters. The highest BCUT2D eigenvalue weighted by Crippen LogP contribution is 2.39. The van der Waals surface area contributed by atoms with Crippen LogP contribution in [0.2, 0.25) is 18.1 Å². The number of benzene rings is 1. The minimum Gasteiger partial charge on any atom is -0.359 e. The van der Waals surface area contributed by atoms with Crippen LogP contribution >= 0.6 is 0 Å². The van der Waals surface area contributed by atoms with Crippen LogP contribution in [0.4, 0.5) is 4.39 Å². The van der Waals surface area contributed by atoms with Crippen molar-refractivity contribution in [3.05, 3.63) is 54.1 Å². The number of pyridine rings is 1. The van der Waals surface area contributed by atoms with Crippen molar-refractivity contribution in [2.75, 3.05) is 0 Å². The summed E-state index contributed by atoms with van der Waals surface area (Å²) >= 11 is 0. The van der Waals surface area contributed by atoms with Gasteiger partial charge in [-0.15, -0.1) is 0 Å². The van der Waals surface area contributed by atoms with E-state index in [0.29, 0.717) is 0 Å². The van der Waals surface area contributed by atoms with Gasteiger partial charge >= 0.3 is 0 Å². The average Bonchev–Trinajstić information content (AvgIpc) is 2.83. The summed E-state index contributed by atoms with van der Waals surface area (Å²) in [6.07, 6.45) is 4.10. The number of fused-ring (bicyclic) bond motifs is 1. The minimum absolute atomic E-state index is 0.219. The molecule has 4 heteroatoms. The average molecular weight is 341 g/mol. The summed E-state index contributed by atoms with van der Waals surface area (Å²) in [5.74, 6) is -0.219. The van der Waals surface area contributed by atoms with Crippen LogP contribution in [0.1, 0.15) is 26.3 Å². The second-order valence-corrected chi connectivity index (χ2v) is 13.2. The van der Waals surface area contributed by atoms with Crippen molar-refractivity contribution in [3.63, 3.8) is 0 Å². The second-order valence-electron chi connectivity index (χ2n) is 8.10. The van der Waals surface area contributed by atoms with Gasteiger partial charge in [0.25, 0.3) is 0 Å². The number of halogens is 1. The number of rotatable bonds is 2. The molecule has 24 heavy (non-hydrogen) atoms. The van der Waals surface area contributed by atoms with Crippen LogP contribution in [0.5, 0.6) is 0 Å². The van der Waals surface area contributed by atoms with Gasteiger partial charge in [0.1, 0.15) is 11.5 Å². The Balaban J connectivity index is 2.19. The van der Waals surface area contributed by atoms with Crippen molar-refractivity contribution in [1.29, 1.82) is 0 Å². The molecule has 3 rings (SSSR count).